The Hall–Kier alpha value is -8.92. The molecule has 0 atom stereocenters. The Morgan fingerprint density at radius 2 is 0.851 bits per heavy atom. The van der Waals surface area contributed by atoms with Gasteiger partial charge in [-0.15, -0.1) is 0 Å². The van der Waals surface area contributed by atoms with Crippen molar-refractivity contribution in [1.29, 1.82) is 0 Å². The van der Waals surface area contributed by atoms with Crippen molar-refractivity contribution in [1.82, 2.24) is 4.57 Å². The lowest BCUT2D eigenvalue weighted by atomic mass is 9.90. The molecule has 0 aliphatic heterocycles. The van der Waals surface area contributed by atoms with Gasteiger partial charge in [0.2, 0.25) is 0 Å². The highest BCUT2D eigenvalue weighted by molar-refractivity contribution is 6.12. The number of furan rings is 1. The van der Waals surface area contributed by atoms with Crippen molar-refractivity contribution >= 4 is 71.6 Å². The Morgan fingerprint density at radius 1 is 0.313 bits per heavy atom. The van der Waals surface area contributed by atoms with Crippen LogP contribution in [0.3, 0.4) is 0 Å². The van der Waals surface area contributed by atoms with E-state index in [4.69, 9.17) is 4.42 Å². The molecule has 2 heterocycles. The Bertz CT molecular complexity index is 3990. The van der Waals surface area contributed by atoms with Gasteiger partial charge in [-0.25, -0.2) is 0 Å². The van der Waals surface area contributed by atoms with E-state index in [2.05, 4.69) is 252 Å². The van der Waals surface area contributed by atoms with E-state index in [0.717, 1.165) is 72.5 Å². The number of hydrogen-bond donors (Lipinski definition) is 0. The Balaban J connectivity index is 1.01. The minimum absolute atomic E-state index is 0.890. The Kier molecular flexibility index (Phi) is 9.17. The fraction of sp³-hybridized carbons (Fsp3) is 0. The number of nitrogens with zero attached hydrogens (tertiary/aromatic N) is 2. The van der Waals surface area contributed by atoms with Crippen molar-refractivity contribution in [2.24, 2.45) is 0 Å². The summed E-state index contributed by atoms with van der Waals surface area (Å²) in [4.78, 5) is 2.44. The lowest BCUT2D eigenvalue weighted by Gasteiger charge is -2.29. The highest BCUT2D eigenvalue weighted by Gasteiger charge is 2.21. The largest absolute Gasteiger partial charge is 0.456 e. The maximum Gasteiger partial charge on any atom is 0.135 e. The van der Waals surface area contributed by atoms with Gasteiger partial charge in [0.1, 0.15) is 11.2 Å². The van der Waals surface area contributed by atoms with Crippen LogP contribution in [-0.2, 0) is 0 Å². The SMILES string of the molecule is c1ccc(-c2cccc3cccc(-c4ccccc4N(c4cccc(-c5ccc6oc7ccccc7c6c5)c4)c4cccc(-c5ccc6c(c5)c5ccccc5n6-c5ccccc5)c4)c23)cc1. The fourth-order valence-corrected chi connectivity index (χ4v) is 10.3. The molecule has 13 rings (SSSR count). The third-order valence-electron chi connectivity index (χ3n) is 13.4. The van der Waals surface area contributed by atoms with Gasteiger partial charge in [0, 0.05) is 44.2 Å². The fourth-order valence-electron chi connectivity index (χ4n) is 10.3. The van der Waals surface area contributed by atoms with Crippen LogP contribution < -0.4 is 4.90 Å². The van der Waals surface area contributed by atoms with E-state index in [1.54, 1.807) is 0 Å². The number of hydrogen-bond acceptors (Lipinski definition) is 2. The number of aromatic nitrogens is 1. The first-order valence-electron chi connectivity index (χ1n) is 22.9. The van der Waals surface area contributed by atoms with Gasteiger partial charge in [0.15, 0.2) is 0 Å². The van der Waals surface area contributed by atoms with Crippen LogP contribution in [0.2, 0.25) is 0 Å². The van der Waals surface area contributed by atoms with Gasteiger partial charge >= 0.3 is 0 Å². The molecule has 0 radical (unpaired) electrons. The van der Waals surface area contributed by atoms with Crippen molar-refractivity contribution in [3.8, 4) is 50.2 Å². The van der Waals surface area contributed by atoms with Gasteiger partial charge in [-0.3, -0.25) is 0 Å². The Labute approximate surface area is 388 Å². The highest BCUT2D eigenvalue weighted by atomic mass is 16.3. The second-order valence-corrected chi connectivity index (χ2v) is 17.3. The van der Waals surface area contributed by atoms with E-state index in [0.29, 0.717) is 0 Å². The summed E-state index contributed by atoms with van der Waals surface area (Å²) in [5.41, 5.74) is 17.8. The van der Waals surface area contributed by atoms with Crippen LogP contribution in [0.1, 0.15) is 0 Å². The molecule has 0 saturated heterocycles. The van der Waals surface area contributed by atoms with Gasteiger partial charge in [-0.1, -0.05) is 176 Å². The van der Waals surface area contributed by atoms with Crippen LogP contribution in [0.25, 0.3) is 105 Å². The van der Waals surface area contributed by atoms with E-state index in [1.807, 2.05) is 12.1 Å². The third kappa shape index (κ3) is 6.59. The number of para-hydroxylation sites is 4. The molecule has 0 saturated carbocycles. The summed E-state index contributed by atoms with van der Waals surface area (Å²) in [6, 6.07) is 92.1. The predicted molar refractivity (Wildman–Crippen MR) is 282 cm³/mol. The molecular formula is C64H42N2O. The van der Waals surface area contributed by atoms with Gasteiger partial charge < -0.3 is 13.9 Å². The Morgan fingerprint density at radius 3 is 1.63 bits per heavy atom. The molecule has 2 aromatic heterocycles. The molecular weight excluding hydrogens is 813 g/mol. The summed E-state index contributed by atoms with van der Waals surface area (Å²) in [5, 5.41) is 7.13. The zero-order valence-electron chi connectivity index (χ0n) is 36.6. The average molecular weight is 855 g/mol. The maximum absolute atomic E-state index is 6.25. The lowest BCUT2D eigenvalue weighted by Crippen LogP contribution is -2.11. The van der Waals surface area contributed by atoms with Gasteiger partial charge in [0.05, 0.1) is 16.7 Å². The summed E-state index contributed by atoms with van der Waals surface area (Å²) >= 11 is 0. The van der Waals surface area contributed by atoms with E-state index < -0.39 is 0 Å². The molecule has 3 nitrogen and oxygen atoms in total. The molecule has 0 fully saturated rings. The van der Waals surface area contributed by atoms with Crippen LogP contribution in [0.5, 0.6) is 0 Å². The maximum atomic E-state index is 6.25. The zero-order chi connectivity index (χ0) is 44.3. The van der Waals surface area contributed by atoms with Crippen LogP contribution in [0.15, 0.2) is 259 Å². The van der Waals surface area contributed by atoms with Crippen molar-refractivity contribution < 1.29 is 4.42 Å². The first-order chi connectivity index (χ1) is 33.2. The normalized spacial score (nSPS) is 11.6. The smallest absolute Gasteiger partial charge is 0.135 e. The highest BCUT2D eigenvalue weighted by Crippen LogP contribution is 2.46. The molecule has 0 amide bonds. The summed E-state index contributed by atoms with van der Waals surface area (Å²) in [5.74, 6) is 0. The second kappa shape index (κ2) is 16.0. The summed E-state index contributed by atoms with van der Waals surface area (Å²) in [6.45, 7) is 0. The number of rotatable bonds is 8. The lowest BCUT2D eigenvalue weighted by molar-refractivity contribution is 0.669. The molecule has 0 spiro atoms. The average Bonchev–Trinajstić information content (AvgIpc) is 3.94. The van der Waals surface area contributed by atoms with Crippen LogP contribution in [0, 0.1) is 0 Å². The quantitative estimate of drug-likeness (QED) is 0.152. The second-order valence-electron chi connectivity index (χ2n) is 17.3. The molecule has 11 aromatic carbocycles. The molecule has 0 bridgehead atoms. The summed E-state index contributed by atoms with van der Waals surface area (Å²) < 4.78 is 8.62. The zero-order valence-corrected chi connectivity index (χ0v) is 36.6. The number of fused-ring (bicyclic) bond motifs is 7. The van der Waals surface area contributed by atoms with Crippen LogP contribution in [0.4, 0.5) is 17.1 Å². The molecule has 13 aromatic rings. The third-order valence-corrected chi connectivity index (χ3v) is 13.4. The first-order valence-corrected chi connectivity index (χ1v) is 22.9. The monoisotopic (exact) mass is 854 g/mol. The standard InChI is InChI=1S/C64H42N2O/c1-3-17-43(18-4-1)52-30-15-19-44-20-16-31-56(64(44)52)53-27-7-10-32-59(53)65(51-26-14-22-46(40-51)48-36-38-63-58(42-48)55-29-9-12-34-62(55)67-63)50-25-13-21-45(39-50)47-35-37-61-57(41-47)54-28-8-11-33-60(54)66(61)49-23-5-2-6-24-49/h1-42H. The molecule has 0 unspecified atom stereocenters. The molecule has 0 aliphatic carbocycles. The van der Waals surface area contributed by atoms with E-state index in [-0.39, 0.29) is 0 Å². The van der Waals surface area contributed by atoms with E-state index in [9.17, 15) is 0 Å². The van der Waals surface area contributed by atoms with Crippen LogP contribution >= 0.6 is 0 Å². The molecule has 0 aliphatic rings. The number of benzene rings is 11. The minimum Gasteiger partial charge on any atom is -0.456 e. The first kappa shape index (κ1) is 38.5. The molecule has 314 valence electrons. The minimum atomic E-state index is 0.890. The van der Waals surface area contributed by atoms with Crippen molar-refractivity contribution in [3.05, 3.63) is 255 Å². The molecule has 67 heavy (non-hydrogen) atoms. The predicted octanol–water partition coefficient (Wildman–Crippen LogP) is 18.0. The van der Waals surface area contributed by atoms with Gasteiger partial charge in [0.25, 0.3) is 0 Å². The topological polar surface area (TPSA) is 21.3 Å². The summed E-state index contributed by atoms with van der Waals surface area (Å²) in [6.07, 6.45) is 0. The van der Waals surface area contributed by atoms with E-state index in [1.165, 1.54) is 49.3 Å². The molecule has 3 heteroatoms. The van der Waals surface area contributed by atoms with E-state index >= 15 is 0 Å². The van der Waals surface area contributed by atoms with Crippen molar-refractivity contribution in [2.45, 2.75) is 0 Å². The summed E-state index contributed by atoms with van der Waals surface area (Å²) in [7, 11) is 0. The van der Waals surface area contributed by atoms with Gasteiger partial charge in [-0.2, -0.15) is 0 Å². The van der Waals surface area contributed by atoms with Crippen LogP contribution in [-0.4, -0.2) is 4.57 Å². The van der Waals surface area contributed by atoms with Gasteiger partial charge in [-0.05, 0) is 129 Å². The van der Waals surface area contributed by atoms with Crippen molar-refractivity contribution in [3.63, 3.8) is 0 Å². The number of anilines is 3. The van der Waals surface area contributed by atoms with Crippen molar-refractivity contribution in [2.75, 3.05) is 4.90 Å². The molecule has 0 N–H and O–H groups in total.